The number of nitrogens with zero attached hydrogens (tertiary/aromatic N) is 4. The summed E-state index contributed by atoms with van der Waals surface area (Å²) in [6.45, 7) is 2.02. The lowest BCUT2D eigenvalue weighted by Crippen LogP contribution is -2.29. The van der Waals surface area contributed by atoms with Crippen molar-refractivity contribution in [3.8, 4) is 0 Å². The van der Waals surface area contributed by atoms with Crippen LogP contribution in [0.4, 0.5) is 17.8 Å². The number of rotatable bonds is 4. The second kappa shape index (κ2) is 4.93. The van der Waals surface area contributed by atoms with Gasteiger partial charge in [0.25, 0.3) is 0 Å². The molecule has 3 rings (SSSR count). The Morgan fingerprint density at radius 1 is 1.00 bits per heavy atom. The number of nitrogens with two attached hydrogens (primary N) is 1. The van der Waals surface area contributed by atoms with Gasteiger partial charge in [0.05, 0.1) is 0 Å². The summed E-state index contributed by atoms with van der Waals surface area (Å²) in [6, 6.07) is 0.504. The number of hydrogen-bond acceptors (Lipinski definition) is 7. The largest absolute Gasteiger partial charge is 0.351 e. The van der Waals surface area contributed by atoms with Gasteiger partial charge in [-0.3, -0.25) is 5.43 Å². The summed E-state index contributed by atoms with van der Waals surface area (Å²) in [5.74, 6) is 7.19. The first kappa shape index (κ1) is 11.5. The molecule has 1 saturated carbocycles. The molecule has 2 fully saturated rings. The average molecular weight is 249 g/mol. The minimum atomic E-state index is 0.425. The molecule has 1 aliphatic heterocycles. The summed E-state index contributed by atoms with van der Waals surface area (Å²) >= 11 is 0. The maximum absolute atomic E-state index is 5.41. The van der Waals surface area contributed by atoms with Crippen molar-refractivity contribution in [1.82, 2.24) is 15.0 Å². The molecule has 1 aromatic rings. The van der Waals surface area contributed by atoms with Gasteiger partial charge in [-0.25, -0.2) is 5.84 Å². The number of nitrogens with one attached hydrogen (secondary N) is 2. The van der Waals surface area contributed by atoms with E-state index in [0.717, 1.165) is 19.0 Å². The molecule has 2 aliphatic rings. The predicted molar refractivity (Wildman–Crippen MR) is 70.3 cm³/mol. The minimum absolute atomic E-state index is 0.425. The zero-order valence-electron chi connectivity index (χ0n) is 10.4. The van der Waals surface area contributed by atoms with E-state index in [0.29, 0.717) is 17.9 Å². The Bertz CT molecular complexity index is 412. The lowest BCUT2D eigenvalue weighted by atomic mass is 9.93. The van der Waals surface area contributed by atoms with Gasteiger partial charge in [0.2, 0.25) is 17.8 Å². The van der Waals surface area contributed by atoms with E-state index in [2.05, 4.69) is 30.6 Å². The van der Waals surface area contributed by atoms with Crippen LogP contribution in [-0.4, -0.2) is 34.1 Å². The zero-order chi connectivity index (χ0) is 12.4. The van der Waals surface area contributed by atoms with E-state index >= 15 is 0 Å². The molecule has 18 heavy (non-hydrogen) atoms. The summed E-state index contributed by atoms with van der Waals surface area (Å²) in [5.41, 5.74) is 2.51. The van der Waals surface area contributed by atoms with Gasteiger partial charge in [-0.15, -0.1) is 0 Å². The predicted octanol–water partition coefficient (Wildman–Crippen LogP) is 0.722. The van der Waals surface area contributed by atoms with Crippen molar-refractivity contribution in [2.75, 3.05) is 28.7 Å². The Hall–Kier alpha value is -1.63. The molecule has 98 valence electrons. The molecule has 0 atom stereocenters. The lowest BCUT2D eigenvalue weighted by Gasteiger charge is -2.26. The number of hydrazine groups is 1. The first-order valence-electron chi connectivity index (χ1n) is 6.59. The van der Waals surface area contributed by atoms with Crippen LogP contribution in [0.5, 0.6) is 0 Å². The van der Waals surface area contributed by atoms with Gasteiger partial charge in [0.1, 0.15) is 0 Å². The Morgan fingerprint density at radius 2 is 1.72 bits per heavy atom. The standard InChI is InChI=1S/C11H19N7/c12-17-10-14-9(13-8-4-3-5-8)15-11(16-10)18-6-1-2-7-18/h8H,1-7,12H2,(H2,13,14,15,16,17). The van der Waals surface area contributed by atoms with Crippen LogP contribution in [0.3, 0.4) is 0 Å². The van der Waals surface area contributed by atoms with Crippen LogP contribution in [-0.2, 0) is 0 Å². The quantitative estimate of drug-likeness (QED) is 0.535. The van der Waals surface area contributed by atoms with Crippen molar-refractivity contribution in [2.24, 2.45) is 5.84 Å². The van der Waals surface area contributed by atoms with Crippen molar-refractivity contribution < 1.29 is 0 Å². The van der Waals surface area contributed by atoms with Gasteiger partial charge in [-0.1, -0.05) is 0 Å². The molecule has 1 saturated heterocycles. The molecule has 2 heterocycles. The Kier molecular flexibility index (Phi) is 3.14. The molecule has 4 N–H and O–H groups in total. The summed E-state index contributed by atoms with van der Waals surface area (Å²) < 4.78 is 0. The van der Waals surface area contributed by atoms with Crippen molar-refractivity contribution in [1.29, 1.82) is 0 Å². The van der Waals surface area contributed by atoms with E-state index in [9.17, 15) is 0 Å². The molecule has 0 aromatic carbocycles. The third kappa shape index (κ3) is 2.31. The smallest absolute Gasteiger partial charge is 0.243 e. The summed E-state index contributed by atoms with van der Waals surface area (Å²) in [5, 5.41) is 3.33. The second-order valence-corrected chi connectivity index (χ2v) is 4.89. The van der Waals surface area contributed by atoms with Crippen LogP contribution in [0.15, 0.2) is 0 Å². The zero-order valence-corrected chi connectivity index (χ0v) is 10.4. The maximum atomic E-state index is 5.41. The fourth-order valence-corrected chi connectivity index (χ4v) is 2.29. The SMILES string of the molecule is NNc1nc(NC2CCC2)nc(N2CCCC2)n1. The number of hydrogen-bond donors (Lipinski definition) is 3. The van der Waals surface area contributed by atoms with E-state index < -0.39 is 0 Å². The molecular formula is C11H19N7. The van der Waals surface area contributed by atoms with E-state index in [1.807, 2.05) is 0 Å². The van der Waals surface area contributed by atoms with Gasteiger partial charge in [-0.2, -0.15) is 15.0 Å². The van der Waals surface area contributed by atoms with Crippen LogP contribution in [0, 0.1) is 0 Å². The molecule has 0 bridgehead atoms. The highest BCUT2D eigenvalue weighted by molar-refractivity contribution is 5.44. The molecule has 7 heteroatoms. The van der Waals surface area contributed by atoms with E-state index in [1.54, 1.807) is 0 Å². The van der Waals surface area contributed by atoms with Gasteiger partial charge < -0.3 is 10.2 Å². The van der Waals surface area contributed by atoms with Crippen LogP contribution < -0.4 is 21.5 Å². The molecule has 0 amide bonds. The topological polar surface area (TPSA) is 92.0 Å². The molecule has 0 radical (unpaired) electrons. The van der Waals surface area contributed by atoms with Crippen LogP contribution >= 0.6 is 0 Å². The fraction of sp³-hybridized carbons (Fsp3) is 0.727. The molecule has 1 aliphatic carbocycles. The maximum Gasteiger partial charge on any atom is 0.243 e. The molecule has 0 spiro atoms. The van der Waals surface area contributed by atoms with Crippen molar-refractivity contribution in [3.05, 3.63) is 0 Å². The fourth-order valence-electron chi connectivity index (χ4n) is 2.29. The highest BCUT2D eigenvalue weighted by Crippen LogP contribution is 2.23. The lowest BCUT2D eigenvalue weighted by molar-refractivity contribution is 0.443. The number of aromatic nitrogens is 3. The summed E-state index contributed by atoms with van der Waals surface area (Å²) in [6.07, 6.45) is 6.06. The van der Waals surface area contributed by atoms with Crippen molar-refractivity contribution in [2.45, 2.75) is 38.1 Å². The normalized spacial score (nSPS) is 19.7. The average Bonchev–Trinajstić information content (AvgIpc) is 2.87. The summed E-state index contributed by atoms with van der Waals surface area (Å²) in [7, 11) is 0. The third-order valence-corrected chi connectivity index (χ3v) is 3.58. The second-order valence-electron chi connectivity index (χ2n) is 4.89. The van der Waals surface area contributed by atoms with Gasteiger partial charge in [-0.05, 0) is 32.1 Å². The Labute approximate surface area is 106 Å². The van der Waals surface area contributed by atoms with Crippen LogP contribution in [0.1, 0.15) is 32.1 Å². The van der Waals surface area contributed by atoms with Crippen LogP contribution in [0.25, 0.3) is 0 Å². The Balaban J connectivity index is 1.80. The molecular weight excluding hydrogens is 230 g/mol. The van der Waals surface area contributed by atoms with Crippen LogP contribution in [0.2, 0.25) is 0 Å². The van der Waals surface area contributed by atoms with E-state index in [1.165, 1.54) is 32.1 Å². The minimum Gasteiger partial charge on any atom is -0.351 e. The number of anilines is 3. The molecule has 1 aromatic heterocycles. The Morgan fingerprint density at radius 3 is 2.33 bits per heavy atom. The third-order valence-electron chi connectivity index (χ3n) is 3.58. The summed E-state index contributed by atoms with van der Waals surface area (Å²) in [4.78, 5) is 15.2. The molecule has 0 unspecified atom stereocenters. The highest BCUT2D eigenvalue weighted by Gasteiger charge is 2.21. The van der Waals surface area contributed by atoms with E-state index in [-0.39, 0.29) is 0 Å². The van der Waals surface area contributed by atoms with Gasteiger partial charge >= 0.3 is 0 Å². The van der Waals surface area contributed by atoms with Gasteiger partial charge in [0.15, 0.2) is 0 Å². The highest BCUT2D eigenvalue weighted by atomic mass is 15.4. The van der Waals surface area contributed by atoms with Gasteiger partial charge in [0, 0.05) is 19.1 Å². The molecule has 7 nitrogen and oxygen atoms in total. The number of nitrogen functional groups attached to an aromatic ring is 1. The van der Waals surface area contributed by atoms with E-state index in [4.69, 9.17) is 5.84 Å². The monoisotopic (exact) mass is 249 g/mol. The van der Waals surface area contributed by atoms with Crippen molar-refractivity contribution >= 4 is 17.8 Å². The van der Waals surface area contributed by atoms with Crippen molar-refractivity contribution in [3.63, 3.8) is 0 Å². The first-order chi connectivity index (χ1) is 8.85. The first-order valence-corrected chi connectivity index (χ1v) is 6.59.